The molecule has 1 heteroatoms. The third kappa shape index (κ3) is 2.59. The average molecular weight is 199 g/mol. The molecule has 1 fully saturated rings. The first-order valence-corrected chi connectivity index (χ1v) is 5.76. The summed E-state index contributed by atoms with van der Waals surface area (Å²) in [7, 11) is 0. The van der Waals surface area contributed by atoms with E-state index in [-0.39, 0.29) is 5.92 Å². The monoisotopic (exact) mass is 199 g/mol. The van der Waals surface area contributed by atoms with Gasteiger partial charge in [0.05, 0.1) is 6.07 Å². The second-order valence-corrected chi connectivity index (χ2v) is 4.62. The van der Waals surface area contributed by atoms with Gasteiger partial charge in [-0.2, -0.15) is 5.26 Å². The van der Waals surface area contributed by atoms with Crippen LogP contribution >= 0.6 is 0 Å². The molecule has 1 nitrogen and oxygen atoms in total. The fraction of sp³-hybridized carbons (Fsp3) is 0.500. The molecular formula is C14H17N. The van der Waals surface area contributed by atoms with Crippen LogP contribution in [0.5, 0.6) is 0 Å². The molecule has 2 atom stereocenters. The zero-order valence-corrected chi connectivity index (χ0v) is 9.19. The van der Waals surface area contributed by atoms with Crippen LogP contribution in [0.3, 0.4) is 0 Å². The second kappa shape index (κ2) is 4.49. The van der Waals surface area contributed by atoms with E-state index in [0.29, 0.717) is 11.8 Å². The molecule has 15 heavy (non-hydrogen) atoms. The molecule has 78 valence electrons. The van der Waals surface area contributed by atoms with Crippen molar-refractivity contribution in [2.45, 2.75) is 32.1 Å². The van der Waals surface area contributed by atoms with Gasteiger partial charge in [-0.25, -0.2) is 0 Å². The first kappa shape index (κ1) is 10.2. The number of hydrogen-bond acceptors (Lipinski definition) is 1. The molecule has 1 aliphatic rings. The van der Waals surface area contributed by atoms with Gasteiger partial charge in [-0.05, 0) is 36.7 Å². The van der Waals surface area contributed by atoms with Gasteiger partial charge < -0.3 is 0 Å². The standard InChI is InChI=1S/C14H17N/c1-11(12-5-3-2-4-6-12)9-14(10-15)13-7-8-13/h2-6,11,13-14H,7-9H2,1H3. The summed E-state index contributed by atoms with van der Waals surface area (Å²) >= 11 is 0. The van der Waals surface area contributed by atoms with E-state index in [1.165, 1.54) is 18.4 Å². The quantitative estimate of drug-likeness (QED) is 0.724. The van der Waals surface area contributed by atoms with Gasteiger partial charge in [-0.15, -0.1) is 0 Å². The molecule has 0 aromatic heterocycles. The topological polar surface area (TPSA) is 23.8 Å². The molecule has 0 amide bonds. The zero-order chi connectivity index (χ0) is 10.7. The molecule has 1 aliphatic carbocycles. The van der Waals surface area contributed by atoms with Crippen LogP contribution in [0.4, 0.5) is 0 Å². The molecule has 0 spiro atoms. The van der Waals surface area contributed by atoms with E-state index in [2.05, 4.69) is 37.3 Å². The molecule has 0 radical (unpaired) electrons. The fourth-order valence-electron chi connectivity index (χ4n) is 2.15. The van der Waals surface area contributed by atoms with Gasteiger partial charge >= 0.3 is 0 Å². The molecule has 0 N–H and O–H groups in total. The van der Waals surface area contributed by atoms with E-state index in [4.69, 9.17) is 5.26 Å². The molecule has 1 aromatic carbocycles. The molecular weight excluding hydrogens is 182 g/mol. The Labute approximate surface area is 91.7 Å². The normalized spacial score (nSPS) is 19.2. The minimum absolute atomic E-state index is 0.278. The van der Waals surface area contributed by atoms with Gasteiger partial charge in [0.2, 0.25) is 0 Å². The molecule has 2 rings (SSSR count). The third-order valence-corrected chi connectivity index (χ3v) is 3.33. The van der Waals surface area contributed by atoms with Crippen molar-refractivity contribution in [1.29, 1.82) is 5.26 Å². The van der Waals surface area contributed by atoms with Gasteiger partial charge in [-0.3, -0.25) is 0 Å². The largest absolute Gasteiger partial charge is 0.198 e. The zero-order valence-electron chi connectivity index (χ0n) is 9.19. The highest BCUT2D eigenvalue weighted by molar-refractivity contribution is 5.19. The van der Waals surface area contributed by atoms with Crippen LogP contribution in [-0.2, 0) is 0 Å². The summed E-state index contributed by atoms with van der Waals surface area (Å²) in [6.07, 6.45) is 3.55. The van der Waals surface area contributed by atoms with Crippen LogP contribution in [0.1, 0.15) is 37.7 Å². The maximum atomic E-state index is 9.08. The highest BCUT2D eigenvalue weighted by Crippen LogP contribution is 2.40. The average Bonchev–Trinajstić information content (AvgIpc) is 3.10. The summed E-state index contributed by atoms with van der Waals surface area (Å²) in [5.41, 5.74) is 1.36. The van der Waals surface area contributed by atoms with Crippen molar-refractivity contribution in [2.24, 2.45) is 11.8 Å². The highest BCUT2D eigenvalue weighted by atomic mass is 14.4. The van der Waals surface area contributed by atoms with Gasteiger partial charge in [0.15, 0.2) is 0 Å². The summed E-state index contributed by atoms with van der Waals surface area (Å²) in [6.45, 7) is 2.22. The van der Waals surface area contributed by atoms with Crippen molar-refractivity contribution in [2.75, 3.05) is 0 Å². The van der Waals surface area contributed by atoms with Crippen molar-refractivity contribution in [3.05, 3.63) is 35.9 Å². The Morgan fingerprint density at radius 2 is 2.00 bits per heavy atom. The number of rotatable bonds is 4. The SMILES string of the molecule is CC(CC(C#N)C1CC1)c1ccccc1. The first-order valence-electron chi connectivity index (χ1n) is 5.76. The predicted octanol–water partition coefficient (Wildman–Crippen LogP) is 3.73. The Bertz CT molecular complexity index is 345. The van der Waals surface area contributed by atoms with Gasteiger partial charge in [0.25, 0.3) is 0 Å². The van der Waals surface area contributed by atoms with Gasteiger partial charge in [-0.1, -0.05) is 37.3 Å². The molecule has 0 aliphatic heterocycles. The number of hydrogen-bond donors (Lipinski definition) is 0. The lowest BCUT2D eigenvalue weighted by Gasteiger charge is -2.15. The maximum absolute atomic E-state index is 9.08. The van der Waals surface area contributed by atoms with Crippen LogP contribution < -0.4 is 0 Å². The Morgan fingerprint density at radius 1 is 1.33 bits per heavy atom. The second-order valence-electron chi connectivity index (χ2n) is 4.62. The van der Waals surface area contributed by atoms with Gasteiger partial charge in [0.1, 0.15) is 0 Å². The molecule has 0 bridgehead atoms. The third-order valence-electron chi connectivity index (χ3n) is 3.33. The molecule has 0 heterocycles. The van der Waals surface area contributed by atoms with Crippen molar-refractivity contribution < 1.29 is 0 Å². The van der Waals surface area contributed by atoms with Crippen molar-refractivity contribution in [3.8, 4) is 6.07 Å². The van der Waals surface area contributed by atoms with Crippen molar-refractivity contribution in [3.63, 3.8) is 0 Å². The first-order chi connectivity index (χ1) is 7.31. The molecule has 0 saturated heterocycles. The van der Waals surface area contributed by atoms with E-state index in [1.54, 1.807) is 0 Å². The minimum Gasteiger partial charge on any atom is -0.198 e. The van der Waals surface area contributed by atoms with E-state index in [9.17, 15) is 0 Å². The fourth-order valence-corrected chi connectivity index (χ4v) is 2.15. The summed E-state index contributed by atoms with van der Waals surface area (Å²) in [4.78, 5) is 0. The van der Waals surface area contributed by atoms with Crippen molar-refractivity contribution in [1.82, 2.24) is 0 Å². The number of nitrogens with zero attached hydrogens (tertiary/aromatic N) is 1. The minimum atomic E-state index is 0.278. The highest BCUT2D eigenvalue weighted by Gasteiger charge is 2.32. The lowest BCUT2D eigenvalue weighted by Crippen LogP contribution is -2.05. The number of nitriles is 1. The summed E-state index contributed by atoms with van der Waals surface area (Å²) < 4.78 is 0. The Morgan fingerprint density at radius 3 is 2.53 bits per heavy atom. The van der Waals surface area contributed by atoms with E-state index < -0.39 is 0 Å². The van der Waals surface area contributed by atoms with Crippen molar-refractivity contribution >= 4 is 0 Å². The lowest BCUT2D eigenvalue weighted by atomic mass is 9.88. The molecule has 1 aromatic rings. The Kier molecular flexibility index (Phi) is 3.06. The lowest BCUT2D eigenvalue weighted by molar-refractivity contribution is 0.489. The van der Waals surface area contributed by atoms with Crippen LogP contribution in [0.25, 0.3) is 0 Å². The number of benzene rings is 1. The summed E-state index contributed by atoms with van der Waals surface area (Å²) in [5, 5.41) is 9.08. The van der Waals surface area contributed by atoms with Crippen LogP contribution in [-0.4, -0.2) is 0 Å². The van der Waals surface area contributed by atoms with Crippen LogP contribution in [0.15, 0.2) is 30.3 Å². The summed E-state index contributed by atoms with van der Waals surface area (Å²) in [6, 6.07) is 13.0. The predicted molar refractivity (Wildman–Crippen MR) is 61.3 cm³/mol. The maximum Gasteiger partial charge on any atom is 0.0658 e. The Hall–Kier alpha value is -1.29. The van der Waals surface area contributed by atoms with E-state index in [0.717, 1.165) is 6.42 Å². The summed E-state index contributed by atoms with van der Waals surface area (Å²) in [5.74, 6) is 1.48. The Balaban J connectivity index is 1.97. The van der Waals surface area contributed by atoms with Crippen LogP contribution in [0.2, 0.25) is 0 Å². The molecule has 1 saturated carbocycles. The van der Waals surface area contributed by atoms with Crippen LogP contribution in [0, 0.1) is 23.2 Å². The smallest absolute Gasteiger partial charge is 0.0658 e. The van der Waals surface area contributed by atoms with E-state index in [1.807, 2.05) is 6.07 Å². The molecule has 2 unspecified atom stereocenters. The van der Waals surface area contributed by atoms with E-state index >= 15 is 0 Å². The van der Waals surface area contributed by atoms with Gasteiger partial charge in [0, 0.05) is 5.92 Å².